The third-order valence-corrected chi connectivity index (χ3v) is 7.26. The van der Waals surface area contributed by atoms with Gasteiger partial charge in [0.05, 0.1) is 23.7 Å². The molecule has 1 N–H and O–H groups in total. The van der Waals surface area contributed by atoms with Crippen LogP contribution >= 0.6 is 11.6 Å². The molecule has 8 nitrogen and oxygen atoms in total. The third kappa shape index (κ3) is 5.98. The molecule has 0 saturated heterocycles. The highest BCUT2D eigenvalue weighted by molar-refractivity contribution is 7.92. The Balaban J connectivity index is 1.50. The molecule has 4 rings (SSSR count). The van der Waals surface area contributed by atoms with E-state index in [4.69, 9.17) is 25.8 Å². The highest BCUT2D eigenvalue weighted by Crippen LogP contribution is 2.31. The minimum atomic E-state index is -4.06. The lowest BCUT2D eigenvalue weighted by atomic mass is 10.2. The van der Waals surface area contributed by atoms with E-state index in [-0.39, 0.29) is 18.0 Å². The van der Waals surface area contributed by atoms with Gasteiger partial charge in [0, 0.05) is 5.02 Å². The van der Waals surface area contributed by atoms with Crippen molar-refractivity contribution in [3.8, 4) is 17.2 Å². The number of ether oxygens (including phenoxy) is 3. The molecule has 1 aliphatic rings. The van der Waals surface area contributed by atoms with Gasteiger partial charge in [-0.05, 0) is 67.6 Å². The monoisotopic (exact) mass is 516 g/mol. The summed E-state index contributed by atoms with van der Waals surface area (Å²) in [5.74, 6) is 1.35. The first-order valence-electron chi connectivity index (χ1n) is 11.0. The van der Waals surface area contributed by atoms with Gasteiger partial charge < -0.3 is 19.5 Å². The minimum Gasteiger partial charge on any atom is -0.494 e. The number of carbonyl (C=O) groups excluding carboxylic acids is 1. The maximum atomic E-state index is 13.5. The number of halogens is 1. The summed E-state index contributed by atoms with van der Waals surface area (Å²) in [5.41, 5.74) is 0.324. The average Bonchev–Trinajstić information content (AvgIpc) is 2.87. The quantitative estimate of drug-likeness (QED) is 0.464. The molecule has 10 heteroatoms. The lowest BCUT2D eigenvalue weighted by Gasteiger charge is -2.27. The van der Waals surface area contributed by atoms with E-state index in [9.17, 15) is 13.2 Å². The van der Waals surface area contributed by atoms with Crippen molar-refractivity contribution in [2.24, 2.45) is 0 Å². The van der Waals surface area contributed by atoms with Gasteiger partial charge in [0.25, 0.3) is 10.0 Å². The molecule has 3 aromatic rings. The first-order chi connectivity index (χ1) is 16.9. The van der Waals surface area contributed by atoms with Crippen molar-refractivity contribution in [2.45, 2.75) is 17.9 Å². The Morgan fingerprint density at radius 3 is 2.43 bits per heavy atom. The number of nitrogens with zero attached hydrogens (tertiary/aromatic N) is 1. The molecule has 0 unspecified atom stereocenters. The maximum Gasteiger partial charge on any atom is 0.264 e. The van der Waals surface area contributed by atoms with Crippen LogP contribution in [0.1, 0.15) is 6.92 Å². The van der Waals surface area contributed by atoms with Crippen LogP contribution in [-0.4, -0.2) is 46.7 Å². The lowest BCUT2D eigenvalue weighted by Crippen LogP contribution is -2.45. The van der Waals surface area contributed by atoms with Gasteiger partial charge in [-0.15, -0.1) is 0 Å². The lowest BCUT2D eigenvalue weighted by molar-refractivity contribution is -0.120. The molecule has 184 valence electrons. The Bertz CT molecular complexity index is 1270. The Morgan fingerprint density at radius 1 is 1.06 bits per heavy atom. The molecule has 1 aliphatic heterocycles. The second-order valence-corrected chi connectivity index (χ2v) is 9.99. The van der Waals surface area contributed by atoms with Crippen LogP contribution in [0.25, 0.3) is 0 Å². The van der Waals surface area contributed by atoms with E-state index in [1.807, 2.05) is 19.1 Å². The molecule has 0 aliphatic carbocycles. The molecule has 1 heterocycles. The smallest absolute Gasteiger partial charge is 0.264 e. The standard InChI is InChI=1S/C25H25ClN2O6S/c1-2-32-20-11-9-19(10-12-20)28(35(30,31)22-13-7-18(26)8-14-22)16-25(29)27-15-21-17-33-23-5-3-4-6-24(23)34-21/h3-14,21H,2,15-17H2,1H3,(H,27,29)/t21-/m1/s1. The van der Waals surface area contributed by atoms with Gasteiger partial charge >= 0.3 is 0 Å². The highest BCUT2D eigenvalue weighted by atomic mass is 35.5. The molecule has 35 heavy (non-hydrogen) atoms. The first-order valence-corrected chi connectivity index (χ1v) is 12.8. The molecule has 0 aromatic heterocycles. The van der Waals surface area contributed by atoms with E-state index in [0.717, 1.165) is 4.31 Å². The van der Waals surface area contributed by atoms with Crippen molar-refractivity contribution in [2.75, 3.05) is 30.6 Å². The van der Waals surface area contributed by atoms with Crippen molar-refractivity contribution >= 4 is 33.2 Å². The number of nitrogens with one attached hydrogen (secondary N) is 1. The van der Waals surface area contributed by atoms with Gasteiger partial charge in [0.2, 0.25) is 5.91 Å². The molecular weight excluding hydrogens is 492 g/mol. The zero-order chi connectivity index (χ0) is 24.8. The molecule has 0 radical (unpaired) electrons. The molecule has 1 amide bonds. The number of fused-ring (bicyclic) bond motifs is 1. The van der Waals surface area contributed by atoms with E-state index in [1.165, 1.54) is 24.3 Å². The van der Waals surface area contributed by atoms with Crippen LogP contribution < -0.4 is 23.8 Å². The Hall–Kier alpha value is -3.43. The van der Waals surface area contributed by atoms with E-state index >= 15 is 0 Å². The highest BCUT2D eigenvalue weighted by Gasteiger charge is 2.28. The summed E-state index contributed by atoms with van der Waals surface area (Å²) in [6, 6.07) is 19.6. The summed E-state index contributed by atoms with van der Waals surface area (Å²) >= 11 is 5.93. The van der Waals surface area contributed by atoms with Crippen molar-refractivity contribution < 1.29 is 27.4 Å². The fourth-order valence-electron chi connectivity index (χ4n) is 3.50. The fourth-order valence-corrected chi connectivity index (χ4v) is 5.05. The third-order valence-electron chi connectivity index (χ3n) is 5.22. The van der Waals surface area contributed by atoms with E-state index < -0.39 is 28.6 Å². The van der Waals surface area contributed by atoms with Crippen LogP contribution in [0.5, 0.6) is 17.2 Å². The number of carbonyl (C=O) groups is 1. The molecule has 1 atom stereocenters. The number of amides is 1. The maximum absolute atomic E-state index is 13.5. The number of benzene rings is 3. The Morgan fingerprint density at radius 2 is 1.74 bits per heavy atom. The summed E-state index contributed by atoms with van der Waals surface area (Å²) in [6.07, 6.45) is -0.402. The second kappa shape index (κ2) is 10.9. The van der Waals surface area contributed by atoms with Crippen LogP contribution in [0.4, 0.5) is 5.69 Å². The van der Waals surface area contributed by atoms with Gasteiger partial charge in [-0.25, -0.2) is 8.42 Å². The SMILES string of the molecule is CCOc1ccc(N(CC(=O)NC[C@@H]2COc3ccccc3O2)S(=O)(=O)c2ccc(Cl)cc2)cc1. The van der Waals surface area contributed by atoms with Gasteiger partial charge in [0.1, 0.15) is 25.0 Å². The Kier molecular flexibility index (Phi) is 7.67. The summed E-state index contributed by atoms with van der Waals surface area (Å²) in [7, 11) is -4.06. The number of hydrogen-bond acceptors (Lipinski definition) is 6. The fraction of sp³-hybridized carbons (Fsp3) is 0.240. The van der Waals surface area contributed by atoms with E-state index in [2.05, 4.69) is 5.32 Å². The van der Waals surface area contributed by atoms with E-state index in [1.54, 1.807) is 36.4 Å². The summed E-state index contributed by atoms with van der Waals surface area (Å²) in [5, 5.41) is 3.16. The van der Waals surface area contributed by atoms with Crippen LogP contribution in [0.15, 0.2) is 77.7 Å². The molecular formula is C25H25ClN2O6S. The summed E-state index contributed by atoms with van der Waals surface area (Å²) in [4.78, 5) is 12.9. The molecule has 3 aromatic carbocycles. The predicted molar refractivity (Wildman–Crippen MR) is 133 cm³/mol. The van der Waals surface area contributed by atoms with Gasteiger partial charge in [-0.2, -0.15) is 0 Å². The van der Waals surface area contributed by atoms with Crippen LogP contribution in [-0.2, 0) is 14.8 Å². The zero-order valence-corrected chi connectivity index (χ0v) is 20.6. The normalized spacial score (nSPS) is 14.7. The number of rotatable bonds is 9. The van der Waals surface area contributed by atoms with Crippen LogP contribution in [0.2, 0.25) is 5.02 Å². The van der Waals surface area contributed by atoms with E-state index in [0.29, 0.717) is 34.6 Å². The number of anilines is 1. The van der Waals surface area contributed by atoms with Crippen molar-refractivity contribution in [1.29, 1.82) is 0 Å². The molecule has 0 bridgehead atoms. The van der Waals surface area contributed by atoms with Crippen molar-refractivity contribution in [3.05, 3.63) is 77.8 Å². The Labute approximate surface area is 209 Å². The van der Waals surface area contributed by atoms with Crippen molar-refractivity contribution in [1.82, 2.24) is 5.32 Å². The van der Waals surface area contributed by atoms with Crippen LogP contribution in [0, 0.1) is 0 Å². The van der Waals surface area contributed by atoms with Crippen LogP contribution in [0.3, 0.4) is 0 Å². The number of sulfonamides is 1. The largest absolute Gasteiger partial charge is 0.494 e. The van der Waals surface area contributed by atoms with Gasteiger partial charge in [-0.1, -0.05) is 23.7 Å². The first kappa shape index (κ1) is 24.7. The number of para-hydroxylation sites is 2. The minimum absolute atomic E-state index is 0.0178. The zero-order valence-electron chi connectivity index (χ0n) is 19.0. The van der Waals surface area contributed by atoms with Crippen molar-refractivity contribution in [3.63, 3.8) is 0 Å². The predicted octanol–water partition coefficient (Wildman–Crippen LogP) is 3.89. The van der Waals surface area contributed by atoms with Gasteiger partial charge in [-0.3, -0.25) is 9.10 Å². The van der Waals surface area contributed by atoms with Gasteiger partial charge in [0.15, 0.2) is 11.5 Å². The molecule has 0 fully saturated rings. The molecule has 0 saturated carbocycles. The summed E-state index contributed by atoms with van der Waals surface area (Å²) in [6.45, 7) is 2.33. The summed E-state index contributed by atoms with van der Waals surface area (Å²) < 4.78 is 44.9. The average molecular weight is 517 g/mol. The molecule has 0 spiro atoms. The number of hydrogen-bond donors (Lipinski definition) is 1. The topological polar surface area (TPSA) is 94.2 Å². The second-order valence-electron chi connectivity index (χ2n) is 7.69.